The Bertz CT molecular complexity index is 875. The van der Waals surface area contributed by atoms with Crippen LogP contribution in [0.15, 0.2) is 78.9 Å². The van der Waals surface area contributed by atoms with Crippen LogP contribution in [-0.4, -0.2) is 43.2 Å². The monoisotopic (exact) mass is 422 g/mol. The van der Waals surface area contributed by atoms with Crippen molar-refractivity contribution >= 4 is 0 Å². The van der Waals surface area contributed by atoms with E-state index in [2.05, 4.69) is 0 Å². The lowest BCUT2D eigenvalue weighted by Gasteiger charge is -2.37. The van der Waals surface area contributed by atoms with Crippen molar-refractivity contribution in [2.24, 2.45) is 0 Å². The Labute approximate surface area is 183 Å². The van der Waals surface area contributed by atoms with Crippen LogP contribution in [0.5, 0.6) is 11.5 Å². The number of rotatable bonds is 10. The lowest BCUT2D eigenvalue weighted by atomic mass is 9.80. The van der Waals surface area contributed by atoms with E-state index in [1.54, 1.807) is 14.2 Å². The lowest BCUT2D eigenvalue weighted by molar-refractivity contribution is -0.0787. The van der Waals surface area contributed by atoms with Crippen LogP contribution in [0, 0.1) is 0 Å². The normalized spacial score (nSPS) is 13.5. The van der Waals surface area contributed by atoms with Crippen molar-refractivity contribution in [1.29, 1.82) is 0 Å². The first-order chi connectivity index (χ1) is 15.0. The zero-order valence-electron chi connectivity index (χ0n) is 18.2. The Morgan fingerprint density at radius 1 is 0.677 bits per heavy atom. The van der Waals surface area contributed by atoms with E-state index in [-0.39, 0.29) is 6.61 Å². The Hall–Kier alpha value is -2.86. The van der Waals surface area contributed by atoms with Crippen molar-refractivity contribution in [3.05, 3.63) is 95.6 Å². The summed E-state index contributed by atoms with van der Waals surface area (Å²) in [5.41, 5.74) is 1.66. The zero-order valence-corrected chi connectivity index (χ0v) is 18.2. The molecule has 31 heavy (non-hydrogen) atoms. The van der Waals surface area contributed by atoms with Crippen molar-refractivity contribution in [3.63, 3.8) is 0 Å². The quantitative estimate of drug-likeness (QED) is 0.481. The highest BCUT2D eigenvalue weighted by Crippen LogP contribution is 2.41. The standard InChI is InChI=1S/C26H30O5/c1-4-24(27)25(28)18-31-26(19-8-6-5-7-9-19,20-10-14-22(29-2)15-11-20)21-12-16-23(30-3)17-13-21/h5-17,24-25,27-28H,4,18H2,1-3H3. The topological polar surface area (TPSA) is 68.2 Å². The second kappa shape index (κ2) is 10.4. The minimum atomic E-state index is -1.01. The molecule has 3 aromatic carbocycles. The Morgan fingerprint density at radius 2 is 1.13 bits per heavy atom. The van der Waals surface area contributed by atoms with Crippen molar-refractivity contribution < 1.29 is 24.4 Å². The van der Waals surface area contributed by atoms with Crippen LogP contribution >= 0.6 is 0 Å². The molecule has 0 saturated carbocycles. The number of benzene rings is 3. The molecule has 2 atom stereocenters. The van der Waals surface area contributed by atoms with Crippen LogP contribution in [-0.2, 0) is 10.3 Å². The molecule has 0 aliphatic rings. The highest BCUT2D eigenvalue weighted by Gasteiger charge is 2.38. The predicted octanol–water partition coefficient (Wildman–Crippen LogP) is 4.14. The molecule has 0 radical (unpaired) electrons. The molecule has 0 amide bonds. The molecule has 2 unspecified atom stereocenters. The Morgan fingerprint density at radius 3 is 1.55 bits per heavy atom. The predicted molar refractivity (Wildman–Crippen MR) is 121 cm³/mol. The molecule has 0 spiro atoms. The van der Waals surface area contributed by atoms with Gasteiger partial charge in [-0.1, -0.05) is 61.5 Å². The van der Waals surface area contributed by atoms with Gasteiger partial charge in [-0.15, -0.1) is 0 Å². The molecule has 0 aliphatic carbocycles. The highest BCUT2D eigenvalue weighted by molar-refractivity contribution is 5.49. The van der Waals surface area contributed by atoms with Crippen molar-refractivity contribution in [1.82, 2.24) is 0 Å². The number of ether oxygens (including phenoxy) is 3. The molecule has 0 aromatic heterocycles. The number of methoxy groups -OCH3 is 2. The van der Waals surface area contributed by atoms with E-state index in [0.29, 0.717) is 6.42 Å². The molecule has 0 fully saturated rings. The fraction of sp³-hybridized carbons (Fsp3) is 0.308. The summed E-state index contributed by atoms with van der Waals surface area (Å²) >= 11 is 0. The number of hydrogen-bond acceptors (Lipinski definition) is 5. The van der Waals surface area contributed by atoms with Gasteiger partial charge in [0.2, 0.25) is 0 Å². The second-order valence-electron chi connectivity index (χ2n) is 7.36. The molecule has 5 nitrogen and oxygen atoms in total. The van der Waals surface area contributed by atoms with Gasteiger partial charge in [0.1, 0.15) is 23.2 Å². The first kappa shape index (κ1) is 22.8. The summed E-state index contributed by atoms with van der Waals surface area (Å²) in [6.07, 6.45) is -1.43. The zero-order chi connectivity index (χ0) is 22.3. The van der Waals surface area contributed by atoms with Crippen LogP contribution in [0.3, 0.4) is 0 Å². The first-order valence-electron chi connectivity index (χ1n) is 10.4. The third kappa shape index (κ3) is 4.90. The van der Waals surface area contributed by atoms with Crippen molar-refractivity contribution in [3.8, 4) is 11.5 Å². The van der Waals surface area contributed by atoms with Gasteiger partial charge in [0, 0.05) is 0 Å². The number of aliphatic hydroxyl groups excluding tert-OH is 2. The van der Waals surface area contributed by atoms with E-state index < -0.39 is 17.8 Å². The Balaban J connectivity index is 2.18. The van der Waals surface area contributed by atoms with Gasteiger partial charge in [-0.2, -0.15) is 0 Å². The number of aliphatic hydroxyl groups is 2. The largest absolute Gasteiger partial charge is 0.497 e. The van der Waals surface area contributed by atoms with E-state index in [0.717, 1.165) is 28.2 Å². The van der Waals surface area contributed by atoms with E-state index in [1.165, 1.54) is 0 Å². The summed E-state index contributed by atoms with van der Waals surface area (Å²) in [7, 11) is 3.25. The van der Waals surface area contributed by atoms with Crippen LogP contribution in [0.25, 0.3) is 0 Å². The molecule has 5 heteroatoms. The van der Waals surface area contributed by atoms with Gasteiger partial charge >= 0.3 is 0 Å². The summed E-state index contributed by atoms with van der Waals surface area (Å²) in [5, 5.41) is 20.6. The van der Waals surface area contributed by atoms with E-state index in [9.17, 15) is 10.2 Å². The molecule has 0 bridgehead atoms. The van der Waals surface area contributed by atoms with Crippen LogP contribution in [0.2, 0.25) is 0 Å². The lowest BCUT2D eigenvalue weighted by Crippen LogP contribution is -2.38. The molecule has 0 heterocycles. The summed E-state index contributed by atoms with van der Waals surface area (Å²) < 4.78 is 17.2. The van der Waals surface area contributed by atoms with Crippen molar-refractivity contribution in [2.45, 2.75) is 31.2 Å². The number of hydrogen-bond donors (Lipinski definition) is 2. The van der Waals surface area contributed by atoms with E-state index >= 15 is 0 Å². The average Bonchev–Trinajstić information content (AvgIpc) is 2.85. The maximum Gasteiger partial charge on any atom is 0.143 e. The SMILES string of the molecule is CCC(O)C(O)COC(c1ccccc1)(c1ccc(OC)cc1)c1ccc(OC)cc1. The highest BCUT2D eigenvalue weighted by atomic mass is 16.5. The third-order valence-corrected chi connectivity index (χ3v) is 5.51. The fourth-order valence-electron chi connectivity index (χ4n) is 3.67. The maximum absolute atomic E-state index is 10.5. The maximum atomic E-state index is 10.5. The molecule has 2 N–H and O–H groups in total. The van der Waals surface area contributed by atoms with Crippen molar-refractivity contribution in [2.75, 3.05) is 20.8 Å². The Kier molecular flexibility index (Phi) is 7.69. The smallest absolute Gasteiger partial charge is 0.143 e. The minimum absolute atomic E-state index is 0.0397. The molecule has 0 saturated heterocycles. The molecule has 164 valence electrons. The summed E-state index contributed by atoms with van der Waals surface area (Å²) in [5.74, 6) is 1.48. The van der Waals surface area contributed by atoms with Gasteiger partial charge in [0.15, 0.2) is 0 Å². The molecular weight excluding hydrogens is 392 g/mol. The van der Waals surface area contributed by atoms with Gasteiger partial charge in [0.05, 0.1) is 26.9 Å². The first-order valence-corrected chi connectivity index (χ1v) is 10.4. The van der Waals surface area contributed by atoms with Crippen LogP contribution in [0.1, 0.15) is 30.0 Å². The van der Waals surface area contributed by atoms with Crippen LogP contribution < -0.4 is 9.47 Å². The van der Waals surface area contributed by atoms with E-state index in [4.69, 9.17) is 14.2 Å². The minimum Gasteiger partial charge on any atom is -0.497 e. The van der Waals surface area contributed by atoms with Crippen LogP contribution in [0.4, 0.5) is 0 Å². The fourth-order valence-corrected chi connectivity index (χ4v) is 3.67. The summed E-state index contributed by atoms with van der Waals surface area (Å²) in [4.78, 5) is 0. The molecular formula is C26H30O5. The second-order valence-corrected chi connectivity index (χ2v) is 7.36. The van der Waals surface area contributed by atoms with E-state index in [1.807, 2.05) is 85.8 Å². The summed E-state index contributed by atoms with van der Waals surface area (Å²) in [6.45, 7) is 1.78. The van der Waals surface area contributed by atoms with Gasteiger partial charge in [0.25, 0.3) is 0 Å². The molecule has 0 aliphatic heterocycles. The average molecular weight is 423 g/mol. The van der Waals surface area contributed by atoms with Gasteiger partial charge in [-0.05, 0) is 47.4 Å². The van der Waals surface area contributed by atoms with Gasteiger partial charge in [-0.3, -0.25) is 0 Å². The van der Waals surface area contributed by atoms with Gasteiger partial charge in [-0.25, -0.2) is 0 Å². The summed E-state index contributed by atoms with van der Waals surface area (Å²) in [6, 6.07) is 25.2. The van der Waals surface area contributed by atoms with Gasteiger partial charge < -0.3 is 24.4 Å². The molecule has 3 rings (SSSR count). The molecule has 3 aromatic rings. The third-order valence-electron chi connectivity index (χ3n) is 5.51.